The Morgan fingerprint density at radius 1 is 1.16 bits per heavy atom. The summed E-state index contributed by atoms with van der Waals surface area (Å²) in [6, 6.07) is 12.6. The molecule has 31 heavy (non-hydrogen) atoms. The lowest BCUT2D eigenvalue weighted by Crippen LogP contribution is -2.36. The van der Waals surface area contributed by atoms with Crippen LogP contribution in [0.4, 0.5) is 0 Å². The maximum absolute atomic E-state index is 12.1. The van der Waals surface area contributed by atoms with Crippen LogP contribution in [0.2, 0.25) is 0 Å². The van der Waals surface area contributed by atoms with Crippen molar-refractivity contribution in [2.24, 2.45) is 0 Å². The Morgan fingerprint density at radius 2 is 1.94 bits per heavy atom. The third-order valence-corrected chi connectivity index (χ3v) is 5.34. The highest BCUT2D eigenvalue weighted by Gasteiger charge is 2.21. The van der Waals surface area contributed by atoms with Gasteiger partial charge in [-0.15, -0.1) is 0 Å². The van der Waals surface area contributed by atoms with E-state index in [-0.39, 0.29) is 18.7 Å². The molecule has 0 bridgehead atoms. The number of ether oxygens (including phenoxy) is 3. The summed E-state index contributed by atoms with van der Waals surface area (Å²) in [5.41, 5.74) is 2.09. The van der Waals surface area contributed by atoms with Crippen molar-refractivity contribution < 1.29 is 28.7 Å². The van der Waals surface area contributed by atoms with Gasteiger partial charge in [-0.2, -0.15) is 0 Å². The topological polar surface area (TPSA) is 74.2 Å². The SMILES string of the molecule is CCCCC(=O)c1ccc(Oc2ccc(B(O)OC)c(COC3CCCCO3)c2)cc1. The molecule has 0 aromatic heterocycles. The summed E-state index contributed by atoms with van der Waals surface area (Å²) in [5, 5.41) is 10.2. The van der Waals surface area contributed by atoms with Gasteiger partial charge < -0.3 is 23.9 Å². The molecule has 1 atom stereocenters. The number of rotatable bonds is 11. The smallest absolute Gasteiger partial charge is 0.457 e. The van der Waals surface area contributed by atoms with E-state index in [4.69, 9.17) is 18.9 Å². The summed E-state index contributed by atoms with van der Waals surface area (Å²) in [6.07, 6.45) is 5.23. The van der Waals surface area contributed by atoms with Gasteiger partial charge in [-0.25, -0.2) is 0 Å². The van der Waals surface area contributed by atoms with E-state index in [1.54, 1.807) is 36.4 Å². The highest BCUT2D eigenvalue weighted by molar-refractivity contribution is 6.60. The predicted molar refractivity (Wildman–Crippen MR) is 120 cm³/mol. The molecule has 7 heteroatoms. The number of carbonyl (C=O) groups is 1. The van der Waals surface area contributed by atoms with Gasteiger partial charge in [0.15, 0.2) is 12.1 Å². The zero-order valence-electron chi connectivity index (χ0n) is 18.3. The van der Waals surface area contributed by atoms with Crippen molar-refractivity contribution in [3.63, 3.8) is 0 Å². The molecule has 0 spiro atoms. The van der Waals surface area contributed by atoms with Gasteiger partial charge in [-0.05, 0) is 73.1 Å². The number of hydrogen-bond acceptors (Lipinski definition) is 6. The van der Waals surface area contributed by atoms with E-state index in [1.807, 2.05) is 6.07 Å². The van der Waals surface area contributed by atoms with Crippen LogP contribution in [-0.2, 0) is 20.7 Å². The lowest BCUT2D eigenvalue weighted by Gasteiger charge is -2.23. The van der Waals surface area contributed by atoms with Crippen LogP contribution in [0, 0.1) is 0 Å². The van der Waals surface area contributed by atoms with E-state index in [0.29, 0.717) is 35.6 Å². The Morgan fingerprint density at radius 3 is 2.61 bits per heavy atom. The first kappa shape index (κ1) is 23.5. The second-order valence-electron chi connectivity index (χ2n) is 7.71. The molecule has 2 aromatic rings. The second kappa shape index (κ2) is 12.0. The van der Waals surface area contributed by atoms with Gasteiger partial charge in [-0.1, -0.05) is 19.4 Å². The summed E-state index contributed by atoms with van der Waals surface area (Å²) >= 11 is 0. The van der Waals surface area contributed by atoms with Crippen molar-refractivity contribution in [1.82, 2.24) is 0 Å². The Bertz CT molecular complexity index is 832. The van der Waals surface area contributed by atoms with Gasteiger partial charge in [0, 0.05) is 25.7 Å². The van der Waals surface area contributed by atoms with Crippen LogP contribution in [-0.4, -0.2) is 37.9 Å². The summed E-state index contributed by atoms with van der Waals surface area (Å²) < 4.78 is 22.6. The minimum atomic E-state index is -1.05. The van der Waals surface area contributed by atoms with Crippen molar-refractivity contribution in [1.29, 1.82) is 0 Å². The average Bonchev–Trinajstić information content (AvgIpc) is 2.82. The molecule has 0 amide bonds. The average molecular weight is 426 g/mol. The molecular formula is C24H31BO6. The van der Waals surface area contributed by atoms with Crippen molar-refractivity contribution in [2.75, 3.05) is 13.7 Å². The molecule has 0 aliphatic carbocycles. The normalized spacial score (nSPS) is 16.2. The number of Topliss-reactive ketones (excluding diaryl/α,β-unsaturated/α-hetero) is 1. The summed E-state index contributed by atoms with van der Waals surface area (Å²) in [6.45, 7) is 3.06. The first-order valence-electron chi connectivity index (χ1n) is 11.0. The van der Waals surface area contributed by atoms with Crippen LogP contribution in [0.5, 0.6) is 11.5 Å². The minimum Gasteiger partial charge on any atom is -0.457 e. The molecule has 1 heterocycles. The van der Waals surface area contributed by atoms with Gasteiger partial charge in [-0.3, -0.25) is 4.79 Å². The highest BCUT2D eigenvalue weighted by atomic mass is 16.7. The molecular weight excluding hydrogens is 395 g/mol. The lowest BCUT2D eigenvalue weighted by molar-refractivity contribution is -0.168. The number of hydrogen-bond donors (Lipinski definition) is 1. The Hall–Kier alpha value is -2.19. The molecule has 0 saturated carbocycles. The van der Waals surface area contributed by atoms with E-state index < -0.39 is 7.12 Å². The maximum Gasteiger partial charge on any atom is 0.491 e. The second-order valence-corrected chi connectivity index (χ2v) is 7.71. The Labute approximate surface area is 184 Å². The predicted octanol–water partition coefficient (Wildman–Crippen LogP) is 4.23. The summed E-state index contributed by atoms with van der Waals surface area (Å²) in [5.74, 6) is 1.39. The lowest BCUT2D eigenvalue weighted by atomic mass is 9.76. The highest BCUT2D eigenvalue weighted by Crippen LogP contribution is 2.24. The van der Waals surface area contributed by atoms with E-state index in [0.717, 1.165) is 37.7 Å². The fraction of sp³-hybridized carbons (Fsp3) is 0.458. The molecule has 1 aliphatic heterocycles. The van der Waals surface area contributed by atoms with Gasteiger partial charge >= 0.3 is 7.12 Å². The molecule has 0 radical (unpaired) electrons. The zero-order valence-corrected chi connectivity index (χ0v) is 18.3. The molecule has 6 nitrogen and oxygen atoms in total. The quantitative estimate of drug-likeness (QED) is 0.428. The minimum absolute atomic E-state index is 0.149. The Kier molecular flexibility index (Phi) is 9.09. The fourth-order valence-electron chi connectivity index (χ4n) is 3.49. The van der Waals surface area contributed by atoms with E-state index >= 15 is 0 Å². The van der Waals surface area contributed by atoms with Gasteiger partial charge in [0.25, 0.3) is 0 Å². The number of ketones is 1. The zero-order chi connectivity index (χ0) is 22.1. The van der Waals surface area contributed by atoms with Gasteiger partial charge in [0.05, 0.1) is 6.61 Å². The summed E-state index contributed by atoms with van der Waals surface area (Å²) in [4.78, 5) is 12.1. The first-order valence-corrected chi connectivity index (χ1v) is 11.0. The van der Waals surface area contributed by atoms with E-state index in [9.17, 15) is 9.82 Å². The van der Waals surface area contributed by atoms with Crippen LogP contribution in [0.3, 0.4) is 0 Å². The molecule has 1 N–H and O–H groups in total. The molecule has 166 valence electrons. The maximum atomic E-state index is 12.1. The molecule has 1 aliphatic rings. The third-order valence-electron chi connectivity index (χ3n) is 5.34. The number of carbonyl (C=O) groups excluding carboxylic acids is 1. The van der Waals surface area contributed by atoms with Gasteiger partial charge in [0.1, 0.15) is 11.5 Å². The van der Waals surface area contributed by atoms with Crippen LogP contribution in [0.15, 0.2) is 42.5 Å². The monoisotopic (exact) mass is 426 g/mol. The summed E-state index contributed by atoms with van der Waals surface area (Å²) in [7, 11) is 0.404. The van der Waals surface area contributed by atoms with Crippen LogP contribution < -0.4 is 10.2 Å². The van der Waals surface area contributed by atoms with Gasteiger partial charge in [0.2, 0.25) is 0 Å². The largest absolute Gasteiger partial charge is 0.491 e. The molecule has 1 fully saturated rings. The Balaban J connectivity index is 1.69. The van der Waals surface area contributed by atoms with Crippen molar-refractivity contribution in [3.05, 3.63) is 53.6 Å². The molecule has 3 rings (SSSR count). The molecule has 1 unspecified atom stereocenters. The van der Waals surface area contributed by atoms with Crippen LogP contribution in [0.1, 0.15) is 61.4 Å². The van der Waals surface area contributed by atoms with Crippen LogP contribution in [0.25, 0.3) is 0 Å². The van der Waals surface area contributed by atoms with E-state index in [2.05, 4.69) is 6.92 Å². The number of unbranched alkanes of at least 4 members (excludes halogenated alkanes) is 1. The number of benzene rings is 2. The standard InChI is InChI=1S/C24H31BO6/c1-3-4-7-23(26)18-9-11-20(12-10-18)31-21-13-14-22(25(27)28-2)19(16-21)17-30-24-8-5-6-15-29-24/h9-14,16,24,27H,3-8,15,17H2,1-2H3. The van der Waals surface area contributed by atoms with Crippen LogP contribution >= 0.6 is 0 Å². The fourth-order valence-corrected chi connectivity index (χ4v) is 3.49. The van der Waals surface area contributed by atoms with Crippen molar-refractivity contribution >= 4 is 18.4 Å². The molecule has 1 saturated heterocycles. The van der Waals surface area contributed by atoms with E-state index in [1.165, 1.54) is 7.11 Å². The third kappa shape index (κ3) is 6.90. The van der Waals surface area contributed by atoms with Crippen molar-refractivity contribution in [2.45, 2.75) is 58.3 Å². The van der Waals surface area contributed by atoms with Crippen molar-refractivity contribution in [3.8, 4) is 11.5 Å². The molecule has 2 aromatic carbocycles. The first-order chi connectivity index (χ1) is 15.1.